The van der Waals surface area contributed by atoms with Crippen LogP contribution >= 0.6 is 11.6 Å². The summed E-state index contributed by atoms with van der Waals surface area (Å²) in [6.07, 6.45) is 0.319. The van der Waals surface area contributed by atoms with Crippen LogP contribution in [0.5, 0.6) is 0 Å². The minimum Gasteiger partial charge on any atom is -0.359 e. The predicted molar refractivity (Wildman–Crippen MR) is 105 cm³/mol. The number of nitrogens with zero attached hydrogens (tertiary/aromatic N) is 1. The van der Waals surface area contributed by atoms with Crippen LogP contribution in [0.2, 0.25) is 5.02 Å². The van der Waals surface area contributed by atoms with Crippen molar-refractivity contribution in [2.45, 2.75) is 12.8 Å². The number of benzene rings is 2. The summed E-state index contributed by atoms with van der Waals surface area (Å²) in [5, 5.41) is 6.03. The maximum atomic E-state index is 12.7. The first-order valence-corrected chi connectivity index (χ1v) is 9.01. The number of carbonyl (C=O) groups excluding carboxylic acids is 3. The third-order valence-electron chi connectivity index (χ3n) is 4.54. The Bertz CT molecular complexity index is 867. The lowest BCUT2D eigenvalue weighted by Gasteiger charge is -2.17. The standard InChI is InChI=1S/C20H20ClN3O3/c1-22-18(25)10-13-4-2-3-5-17(13)23-20(27)14-11-19(26)24(12-14)16-8-6-15(21)7-9-16/h2-9,14H,10-12H2,1H3,(H,22,25)(H,23,27). The zero-order chi connectivity index (χ0) is 19.4. The molecule has 0 saturated carbocycles. The molecule has 0 spiro atoms. The van der Waals surface area contributed by atoms with Gasteiger partial charge in [0.25, 0.3) is 0 Å². The summed E-state index contributed by atoms with van der Waals surface area (Å²) >= 11 is 5.89. The summed E-state index contributed by atoms with van der Waals surface area (Å²) in [5.74, 6) is -0.928. The summed E-state index contributed by atoms with van der Waals surface area (Å²) in [4.78, 5) is 38.3. The van der Waals surface area contributed by atoms with Gasteiger partial charge in [-0.05, 0) is 35.9 Å². The Morgan fingerprint density at radius 2 is 1.85 bits per heavy atom. The Balaban J connectivity index is 1.70. The first-order valence-electron chi connectivity index (χ1n) is 8.63. The fraction of sp³-hybridized carbons (Fsp3) is 0.250. The van der Waals surface area contributed by atoms with Crippen molar-refractivity contribution < 1.29 is 14.4 Å². The van der Waals surface area contributed by atoms with E-state index in [1.807, 2.05) is 6.07 Å². The van der Waals surface area contributed by atoms with Crippen molar-refractivity contribution in [2.75, 3.05) is 23.8 Å². The summed E-state index contributed by atoms with van der Waals surface area (Å²) < 4.78 is 0. The van der Waals surface area contributed by atoms with E-state index >= 15 is 0 Å². The van der Waals surface area contributed by atoms with E-state index in [4.69, 9.17) is 11.6 Å². The zero-order valence-corrected chi connectivity index (χ0v) is 15.6. The van der Waals surface area contributed by atoms with Crippen molar-refractivity contribution in [3.8, 4) is 0 Å². The Morgan fingerprint density at radius 1 is 1.15 bits per heavy atom. The van der Waals surface area contributed by atoms with Gasteiger partial charge in [0.1, 0.15) is 0 Å². The van der Waals surface area contributed by atoms with Crippen molar-refractivity contribution in [2.24, 2.45) is 5.92 Å². The van der Waals surface area contributed by atoms with Gasteiger partial charge in [-0.3, -0.25) is 14.4 Å². The van der Waals surface area contributed by atoms with E-state index in [-0.39, 0.29) is 30.6 Å². The second kappa shape index (κ2) is 8.22. The van der Waals surface area contributed by atoms with Crippen molar-refractivity contribution in [3.63, 3.8) is 0 Å². The number of nitrogens with one attached hydrogen (secondary N) is 2. The van der Waals surface area contributed by atoms with Crippen LogP contribution in [0.15, 0.2) is 48.5 Å². The maximum absolute atomic E-state index is 12.7. The van der Waals surface area contributed by atoms with Gasteiger partial charge in [-0.1, -0.05) is 29.8 Å². The van der Waals surface area contributed by atoms with Crippen molar-refractivity contribution in [1.82, 2.24) is 5.32 Å². The Hall–Kier alpha value is -2.86. The minimum absolute atomic E-state index is 0.101. The molecule has 0 bridgehead atoms. The second-order valence-corrected chi connectivity index (χ2v) is 6.81. The highest BCUT2D eigenvalue weighted by Crippen LogP contribution is 2.27. The number of hydrogen-bond acceptors (Lipinski definition) is 3. The first-order chi connectivity index (χ1) is 13.0. The average Bonchev–Trinajstić information content (AvgIpc) is 3.05. The lowest BCUT2D eigenvalue weighted by molar-refractivity contribution is -0.122. The van der Waals surface area contributed by atoms with E-state index in [1.54, 1.807) is 54.4 Å². The van der Waals surface area contributed by atoms with Crippen LogP contribution in [0, 0.1) is 5.92 Å². The Kier molecular flexibility index (Phi) is 5.76. The number of amides is 3. The lowest BCUT2D eigenvalue weighted by atomic mass is 10.1. The molecule has 3 rings (SSSR count). The topological polar surface area (TPSA) is 78.5 Å². The number of hydrogen-bond donors (Lipinski definition) is 2. The largest absolute Gasteiger partial charge is 0.359 e. The van der Waals surface area contributed by atoms with Gasteiger partial charge in [-0.2, -0.15) is 0 Å². The molecule has 7 heteroatoms. The maximum Gasteiger partial charge on any atom is 0.229 e. The van der Waals surface area contributed by atoms with Crippen LogP contribution in [-0.4, -0.2) is 31.3 Å². The number of anilines is 2. The molecule has 0 aromatic heterocycles. The van der Waals surface area contributed by atoms with Crippen LogP contribution in [-0.2, 0) is 20.8 Å². The number of para-hydroxylation sites is 1. The predicted octanol–water partition coefficient (Wildman–Crippen LogP) is 2.62. The zero-order valence-electron chi connectivity index (χ0n) is 14.9. The third kappa shape index (κ3) is 4.46. The van der Waals surface area contributed by atoms with Gasteiger partial charge in [0.05, 0.1) is 12.3 Å². The highest BCUT2D eigenvalue weighted by atomic mass is 35.5. The number of halogens is 1. The number of rotatable bonds is 5. The molecule has 140 valence electrons. The Morgan fingerprint density at radius 3 is 2.56 bits per heavy atom. The van der Waals surface area contributed by atoms with Crippen LogP contribution in [0.25, 0.3) is 0 Å². The average molecular weight is 386 g/mol. The number of carbonyl (C=O) groups is 3. The summed E-state index contributed by atoms with van der Waals surface area (Å²) in [6.45, 7) is 0.309. The van der Waals surface area contributed by atoms with Crippen LogP contribution in [0.1, 0.15) is 12.0 Å². The summed E-state index contributed by atoms with van der Waals surface area (Å²) in [6, 6.07) is 14.1. The van der Waals surface area contributed by atoms with Crippen molar-refractivity contribution >= 4 is 40.7 Å². The molecule has 1 unspecified atom stereocenters. The monoisotopic (exact) mass is 385 g/mol. The fourth-order valence-corrected chi connectivity index (χ4v) is 3.17. The number of likely N-dealkylation sites (N-methyl/N-ethyl adjacent to an activating group) is 1. The molecule has 2 aromatic rings. The van der Waals surface area contributed by atoms with E-state index in [2.05, 4.69) is 10.6 Å². The van der Waals surface area contributed by atoms with Gasteiger partial charge < -0.3 is 15.5 Å². The minimum atomic E-state index is -0.457. The van der Waals surface area contributed by atoms with Crippen LogP contribution in [0.4, 0.5) is 11.4 Å². The molecule has 1 saturated heterocycles. The van der Waals surface area contributed by atoms with E-state index in [0.29, 0.717) is 17.3 Å². The lowest BCUT2D eigenvalue weighted by Crippen LogP contribution is -2.28. The molecular weight excluding hydrogens is 366 g/mol. The molecule has 2 aromatic carbocycles. The van der Waals surface area contributed by atoms with E-state index in [1.165, 1.54) is 0 Å². The molecule has 1 aliphatic rings. The Labute approximate surface area is 162 Å². The van der Waals surface area contributed by atoms with E-state index in [0.717, 1.165) is 11.3 Å². The van der Waals surface area contributed by atoms with Crippen molar-refractivity contribution in [1.29, 1.82) is 0 Å². The molecule has 0 aliphatic carbocycles. The molecule has 2 N–H and O–H groups in total. The van der Waals surface area contributed by atoms with Crippen molar-refractivity contribution in [3.05, 3.63) is 59.1 Å². The highest BCUT2D eigenvalue weighted by Gasteiger charge is 2.35. The summed E-state index contributed by atoms with van der Waals surface area (Å²) in [7, 11) is 1.57. The quantitative estimate of drug-likeness (QED) is 0.830. The van der Waals surface area contributed by atoms with Gasteiger partial charge in [0, 0.05) is 36.4 Å². The third-order valence-corrected chi connectivity index (χ3v) is 4.79. The highest BCUT2D eigenvalue weighted by molar-refractivity contribution is 6.30. The van der Waals surface area contributed by atoms with Gasteiger partial charge in [0.15, 0.2) is 0 Å². The molecule has 1 aliphatic heterocycles. The molecule has 3 amide bonds. The van der Waals surface area contributed by atoms with Gasteiger partial charge >= 0.3 is 0 Å². The molecule has 1 fully saturated rings. The fourth-order valence-electron chi connectivity index (χ4n) is 3.05. The van der Waals surface area contributed by atoms with Crippen LogP contribution < -0.4 is 15.5 Å². The van der Waals surface area contributed by atoms with Gasteiger partial charge in [-0.25, -0.2) is 0 Å². The normalized spacial score (nSPS) is 16.3. The molecule has 1 atom stereocenters. The molecule has 27 heavy (non-hydrogen) atoms. The molecular formula is C20H20ClN3O3. The van der Waals surface area contributed by atoms with Gasteiger partial charge in [-0.15, -0.1) is 0 Å². The molecule has 0 radical (unpaired) electrons. The first kappa shape index (κ1) is 18.9. The van der Waals surface area contributed by atoms with E-state index < -0.39 is 5.92 Å². The van der Waals surface area contributed by atoms with E-state index in [9.17, 15) is 14.4 Å². The molecule has 1 heterocycles. The van der Waals surface area contributed by atoms with Crippen LogP contribution in [0.3, 0.4) is 0 Å². The SMILES string of the molecule is CNC(=O)Cc1ccccc1NC(=O)C1CC(=O)N(c2ccc(Cl)cc2)C1. The van der Waals surface area contributed by atoms with Gasteiger partial charge in [0.2, 0.25) is 17.7 Å². The smallest absolute Gasteiger partial charge is 0.229 e. The molecule has 6 nitrogen and oxygen atoms in total. The second-order valence-electron chi connectivity index (χ2n) is 6.38. The summed E-state index contributed by atoms with van der Waals surface area (Å²) in [5.41, 5.74) is 2.03.